The first-order chi connectivity index (χ1) is 14.6. The van der Waals surface area contributed by atoms with Gasteiger partial charge >= 0.3 is 0 Å². The van der Waals surface area contributed by atoms with Gasteiger partial charge in [-0.05, 0) is 47.5 Å². The number of hydrogen-bond acceptors (Lipinski definition) is 5. The summed E-state index contributed by atoms with van der Waals surface area (Å²) in [5.41, 5.74) is 3.86. The molecule has 30 heavy (non-hydrogen) atoms. The standard InChI is InChI=1S/C23H18FN3O3/c1-29-21-10-8-18(12-22(21)30-15-16-5-3-2-4-6-16)14-26-27-23(28)19-9-7-17(13-25)11-20(19)24/h2-12,14H,15H2,1H3,(H,27,28). The minimum Gasteiger partial charge on any atom is -0.493 e. The Morgan fingerprint density at radius 2 is 1.93 bits per heavy atom. The van der Waals surface area contributed by atoms with E-state index in [1.54, 1.807) is 25.3 Å². The van der Waals surface area contributed by atoms with Crippen molar-refractivity contribution in [2.24, 2.45) is 5.10 Å². The van der Waals surface area contributed by atoms with Crippen LogP contribution in [0, 0.1) is 17.1 Å². The highest BCUT2D eigenvalue weighted by atomic mass is 19.1. The van der Waals surface area contributed by atoms with Gasteiger partial charge in [-0.25, -0.2) is 9.82 Å². The van der Waals surface area contributed by atoms with Crippen molar-refractivity contribution < 1.29 is 18.7 Å². The highest BCUT2D eigenvalue weighted by Gasteiger charge is 2.11. The molecule has 0 radical (unpaired) electrons. The first-order valence-electron chi connectivity index (χ1n) is 8.98. The Hall–Kier alpha value is -4.18. The molecule has 150 valence electrons. The van der Waals surface area contributed by atoms with E-state index >= 15 is 0 Å². The van der Waals surface area contributed by atoms with Gasteiger partial charge in [-0.2, -0.15) is 10.4 Å². The summed E-state index contributed by atoms with van der Waals surface area (Å²) in [6.07, 6.45) is 1.41. The van der Waals surface area contributed by atoms with Gasteiger partial charge in [-0.3, -0.25) is 4.79 Å². The van der Waals surface area contributed by atoms with E-state index in [1.807, 2.05) is 36.4 Å². The molecular formula is C23H18FN3O3. The molecule has 0 saturated carbocycles. The van der Waals surface area contributed by atoms with Crippen LogP contribution in [-0.4, -0.2) is 19.2 Å². The molecule has 3 rings (SSSR count). The van der Waals surface area contributed by atoms with Gasteiger partial charge in [0.05, 0.1) is 30.5 Å². The summed E-state index contributed by atoms with van der Waals surface area (Å²) in [5.74, 6) is -0.424. The summed E-state index contributed by atoms with van der Waals surface area (Å²) in [5, 5.41) is 12.6. The quantitative estimate of drug-likeness (QED) is 0.477. The van der Waals surface area contributed by atoms with Crippen molar-refractivity contribution in [3.63, 3.8) is 0 Å². The highest BCUT2D eigenvalue weighted by molar-refractivity contribution is 5.95. The van der Waals surface area contributed by atoms with Crippen LogP contribution in [-0.2, 0) is 6.61 Å². The SMILES string of the molecule is COc1ccc(C=NNC(=O)c2ccc(C#N)cc2F)cc1OCc1ccccc1. The molecule has 0 aliphatic carbocycles. The van der Waals surface area contributed by atoms with Crippen molar-refractivity contribution >= 4 is 12.1 Å². The van der Waals surface area contributed by atoms with Crippen molar-refractivity contribution in [3.05, 3.63) is 94.8 Å². The lowest BCUT2D eigenvalue weighted by Crippen LogP contribution is -2.19. The number of nitriles is 1. The highest BCUT2D eigenvalue weighted by Crippen LogP contribution is 2.28. The molecule has 0 saturated heterocycles. The van der Waals surface area contributed by atoms with Crippen molar-refractivity contribution in [2.75, 3.05) is 7.11 Å². The molecule has 3 aromatic rings. The number of methoxy groups -OCH3 is 1. The second-order valence-electron chi connectivity index (χ2n) is 6.19. The summed E-state index contributed by atoms with van der Waals surface area (Å²) < 4.78 is 25.1. The van der Waals surface area contributed by atoms with E-state index in [9.17, 15) is 9.18 Å². The van der Waals surface area contributed by atoms with Crippen molar-refractivity contribution in [2.45, 2.75) is 6.61 Å². The summed E-state index contributed by atoms with van der Waals surface area (Å²) in [4.78, 5) is 12.1. The number of ether oxygens (including phenoxy) is 2. The summed E-state index contributed by atoms with van der Waals surface area (Å²) in [7, 11) is 1.55. The number of nitrogens with zero attached hydrogens (tertiary/aromatic N) is 2. The predicted octanol–water partition coefficient (Wildman–Crippen LogP) is 4.05. The zero-order chi connectivity index (χ0) is 21.3. The normalized spacial score (nSPS) is 10.4. The van der Waals surface area contributed by atoms with E-state index in [0.717, 1.165) is 11.6 Å². The van der Waals surface area contributed by atoms with Crippen LogP contribution in [0.25, 0.3) is 0 Å². The molecule has 6 nitrogen and oxygen atoms in total. The lowest BCUT2D eigenvalue weighted by atomic mass is 10.1. The Balaban J connectivity index is 1.68. The summed E-state index contributed by atoms with van der Waals surface area (Å²) >= 11 is 0. The number of benzene rings is 3. The Morgan fingerprint density at radius 3 is 2.63 bits per heavy atom. The number of halogens is 1. The molecule has 0 aliphatic heterocycles. The number of carbonyl (C=O) groups is 1. The van der Waals surface area contributed by atoms with Crippen LogP contribution >= 0.6 is 0 Å². The molecule has 0 aliphatic rings. The minimum absolute atomic E-state index is 0.133. The van der Waals surface area contributed by atoms with Crippen molar-refractivity contribution in [1.29, 1.82) is 5.26 Å². The number of rotatable bonds is 7. The first kappa shape index (κ1) is 20.6. The Labute approximate surface area is 173 Å². The van der Waals surface area contributed by atoms with E-state index in [4.69, 9.17) is 14.7 Å². The molecular weight excluding hydrogens is 385 g/mol. The number of hydrazone groups is 1. The maximum absolute atomic E-state index is 13.9. The summed E-state index contributed by atoms with van der Waals surface area (Å²) in [6.45, 7) is 0.368. The lowest BCUT2D eigenvalue weighted by Gasteiger charge is -2.11. The van der Waals surface area contributed by atoms with Gasteiger partial charge in [-0.1, -0.05) is 30.3 Å². The fourth-order valence-electron chi connectivity index (χ4n) is 2.62. The van der Waals surface area contributed by atoms with Crippen LogP contribution < -0.4 is 14.9 Å². The molecule has 1 N–H and O–H groups in total. The average molecular weight is 403 g/mol. The molecule has 7 heteroatoms. The molecule has 0 bridgehead atoms. The van der Waals surface area contributed by atoms with E-state index in [1.165, 1.54) is 18.3 Å². The van der Waals surface area contributed by atoms with Crippen LogP contribution in [0.3, 0.4) is 0 Å². The maximum Gasteiger partial charge on any atom is 0.274 e. The summed E-state index contributed by atoms with van der Waals surface area (Å²) in [6, 6.07) is 20.3. The lowest BCUT2D eigenvalue weighted by molar-refractivity contribution is 0.0951. The van der Waals surface area contributed by atoms with Crippen LogP contribution in [0.1, 0.15) is 27.0 Å². The topological polar surface area (TPSA) is 83.7 Å². The van der Waals surface area contributed by atoms with E-state index < -0.39 is 11.7 Å². The number of amides is 1. The van der Waals surface area contributed by atoms with Crippen molar-refractivity contribution in [3.8, 4) is 17.6 Å². The fourth-order valence-corrected chi connectivity index (χ4v) is 2.62. The third-order valence-electron chi connectivity index (χ3n) is 4.15. The van der Waals surface area contributed by atoms with Gasteiger partial charge in [0.15, 0.2) is 11.5 Å². The van der Waals surface area contributed by atoms with Gasteiger partial charge in [0.1, 0.15) is 12.4 Å². The third-order valence-corrected chi connectivity index (χ3v) is 4.15. The maximum atomic E-state index is 13.9. The van der Waals surface area contributed by atoms with Crippen molar-refractivity contribution in [1.82, 2.24) is 5.43 Å². The van der Waals surface area contributed by atoms with Crippen LogP contribution in [0.4, 0.5) is 4.39 Å². The Bertz CT molecular complexity index is 1110. The first-order valence-corrected chi connectivity index (χ1v) is 8.98. The monoisotopic (exact) mass is 403 g/mol. The molecule has 3 aromatic carbocycles. The van der Waals surface area contributed by atoms with Crippen LogP contribution in [0.2, 0.25) is 0 Å². The number of hydrogen-bond donors (Lipinski definition) is 1. The number of nitrogens with one attached hydrogen (secondary N) is 1. The second-order valence-corrected chi connectivity index (χ2v) is 6.19. The molecule has 0 spiro atoms. The predicted molar refractivity (Wildman–Crippen MR) is 110 cm³/mol. The average Bonchev–Trinajstić information content (AvgIpc) is 2.78. The number of carbonyl (C=O) groups excluding carboxylic acids is 1. The fraction of sp³-hybridized carbons (Fsp3) is 0.0870. The minimum atomic E-state index is -0.789. The largest absolute Gasteiger partial charge is 0.493 e. The Kier molecular flexibility index (Phi) is 6.74. The second kappa shape index (κ2) is 9.85. The smallest absolute Gasteiger partial charge is 0.274 e. The van der Waals surface area contributed by atoms with E-state index in [2.05, 4.69) is 10.5 Å². The van der Waals surface area contributed by atoms with Gasteiger partial charge in [-0.15, -0.1) is 0 Å². The van der Waals surface area contributed by atoms with E-state index in [-0.39, 0.29) is 11.1 Å². The molecule has 1 amide bonds. The van der Waals surface area contributed by atoms with Gasteiger partial charge in [0, 0.05) is 0 Å². The zero-order valence-corrected chi connectivity index (χ0v) is 16.1. The van der Waals surface area contributed by atoms with E-state index in [0.29, 0.717) is 23.7 Å². The van der Waals surface area contributed by atoms with Crippen LogP contribution in [0.15, 0.2) is 71.8 Å². The third kappa shape index (κ3) is 5.20. The van der Waals surface area contributed by atoms with Gasteiger partial charge in [0.25, 0.3) is 5.91 Å². The molecule has 0 fully saturated rings. The Morgan fingerprint density at radius 1 is 1.13 bits per heavy atom. The molecule has 0 unspecified atom stereocenters. The van der Waals surface area contributed by atoms with Gasteiger partial charge < -0.3 is 9.47 Å². The zero-order valence-electron chi connectivity index (χ0n) is 16.1. The molecule has 0 heterocycles. The van der Waals surface area contributed by atoms with Gasteiger partial charge in [0.2, 0.25) is 0 Å². The molecule has 0 atom stereocenters. The van der Waals surface area contributed by atoms with Crippen LogP contribution in [0.5, 0.6) is 11.5 Å². The molecule has 0 aromatic heterocycles.